The highest BCUT2D eigenvalue weighted by atomic mass is 16.5. The minimum atomic E-state index is -0.0115. The molecule has 2 aromatic carbocycles. The lowest BCUT2D eigenvalue weighted by Crippen LogP contribution is -2.28. The molecular weight excluding hydrogens is 364 g/mol. The summed E-state index contributed by atoms with van der Waals surface area (Å²) in [5.74, 6) is 0.820. The molecule has 2 heterocycles. The maximum Gasteiger partial charge on any atom is 0.224 e. The second-order valence-electron chi connectivity index (χ2n) is 7.14. The first-order chi connectivity index (χ1) is 14.1. The van der Waals surface area contributed by atoms with Gasteiger partial charge in [-0.1, -0.05) is 24.3 Å². The number of methoxy groups -OCH3 is 1. The lowest BCUT2D eigenvalue weighted by Gasteiger charge is -2.11. The number of aryl methyl sites for hydroxylation is 2. The molecule has 1 N–H and O–H groups in total. The highest BCUT2D eigenvalue weighted by molar-refractivity contribution is 5.92. The Kier molecular flexibility index (Phi) is 5.16. The van der Waals surface area contributed by atoms with Crippen LogP contribution in [0.25, 0.3) is 16.6 Å². The van der Waals surface area contributed by atoms with Gasteiger partial charge in [0.05, 0.1) is 19.0 Å². The van der Waals surface area contributed by atoms with E-state index in [1.807, 2.05) is 66.9 Å². The molecule has 4 aromatic rings. The summed E-state index contributed by atoms with van der Waals surface area (Å²) >= 11 is 0. The zero-order valence-corrected chi connectivity index (χ0v) is 16.9. The molecule has 0 bridgehead atoms. The van der Waals surface area contributed by atoms with E-state index >= 15 is 0 Å². The molecule has 0 saturated carbocycles. The summed E-state index contributed by atoms with van der Waals surface area (Å²) in [7, 11) is 1.65. The summed E-state index contributed by atoms with van der Waals surface area (Å²) in [5.41, 5.74) is 5.64. The lowest BCUT2D eigenvalue weighted by atomic mass is 10.1. The molecule has 4 rings (SSSR count). The Morgan fingerprint density at radius 3 is 2.62 bits per heavy atom. The molecule has 1 amide bonds. The number of nitrogens with zero attached hydrogens (tertiary/aromatic N) is 3. The molecule has 0 atom stereocenters. The van der Waals surface area contributed by atoms with Crippen molar-refractivity contribution in [3.05, 3.63) is 71.0 Å². The quantitative estimate of drug-likeness (QED) is 0.550. The minimum absolute atomic E-state index is 0.0115. The average Bonchev–Trinajstić information content (AvgIpc) is 3.10. The third-order valence-corrected chi connectivity index (χ3v) is 5.25. The fourth-order valence-electron chi connectivity index (χ4n) is 3.59. The van der Waals surface area contributed by atoms with Crippen molar-refractivity contribution in [2.75, 3.05) is 13.7 Å². The maximum absolute atomic E-state index is 12.5. The number of hydrogen-bond donors (Lipinski definition) is 1. The smallest absolute Gasteiger partial charge is 0.224 e. The van der Waals surface area contributed by atoms with Gasteiger partial charge in [0.15, 0.2) is 5.65 Å². The van der Waals surface area contributed by atoms with Gasteiger partial charge >= 0.3 is 0 Å². The monoisotopic (exact) mass is 388 g/mol. The predicted octanol–water partition coefficient (Wildman–Crippen LogP) is 3.41. The second kappa shape index (κ2) is 7.91. The molecule has 0 saturated heterocycles. The number of benzene rings is 2. The Hall–Kier alpha value is -3.41. The van der Waals surface area contributed by atoms with Crippen LogP contribution in [0.5, 0.6) is 5.75 Å². The second-order valence-corrected chi connectivity index (χ2v) is 7.14. The van der Waals surface area contributed by atoms with Gasteiger partial charge in [-0.25, -0.2) is 9.50 Å². The van der Waals surface area contributed by atoms with Crippen LogP contribution in [0, 0.1) is 13.8 Å². The van der Waals surface area contributed by atoms with Gasteiger partial charge in [0.2, 0.25) is 5.91 Å². The molecule has 6 heteroatoms. The van der Waals surface area contributed by atoms with Gasteiger partial charge in [0.25, 0.3) is 0 Å². The van der Waals surface area contributed by atoms with E-state index < -0.39 is 0 Å². The highest BCUT2D eigenvalue weighted by Crippen LogP contribution is 2.22. The minimum Gasteiger partial charge on any atom is -0.497 e. The van der Waals surface area contributed by atoms with Crippen LogP contribution in [-0.4, -0.2) is 34.2 Å². The van der Waals surface area contributed by atoms with E-state index in [1.54, 1.807) is 7.11 Å². The summed E-state index contributed by atoms with van der Waals surface area (Å²) in [6.45, 7) is 4.53. The van der Waals surface area contributed by atoms with Gasteiger partial charge in [-0.3, -0.25) is 4.79 Å². The number of rotatable bonds is 6. The first-order valence-electron chi connectivity index (χ1n) is 9.70. The molecule has 0 spiro atoms. The third-order valence-electron chi connectivity index (χ3n) is 5.25. The molecule has 29 heavy (non-hydrogen) atoms. The fraction of sp³-hybridized carbons (Fsp3) is 0.261. The Balaban J connectivity index is 1.46. The van der Waals surface area contributed by atoms with Crippen molar-refractivity contribution in [1.82, 2.24) is 19.9 Å². The Morgan fingerprint density at radius 2 is 1.86 bits per heavy atom. The van der Waals surface area contributed by atoms with Crippen molar-refractivity contribution < 1.29 is 9.53 Å². The van der Waals surface area contributed by atoms with E-state index in [0.29, 0.717) is 13.0 Å². The Bertz CT molecular complexity index is 1180. The van der Waals surface area contributed by atoms with E-state index in [2.05, 4.69) is 10.4 Å². The SMILES string of the molecule is COc1ccc(CCNC(=O)Cc2c(C)nc3c4ccccc4nn3c2C)cc1. The van der Waals surface area contributed by atoms with Crippen LogP contribution >= 0.6 is 0 Å². The zero-order chi connectivity index (χ0) is 20.4. The van der Waals surface area contributed by atoms with Crippen molar-refractivity contribution in [2.45, 2.75) is 26.7 Å². The van der Waals surface area contributed by atoms with Gasteiger partial charge in [0, 0.05) is 28.9 Å². The first-order valence-corrected chi connectivity index (χ1v) is 9.70. The van der Waals surface area contributed by atoms with E-state index in [4.69, 9.17) is 9.72 Å². The summed E-state index contributed by atoms with van der Waals surface area (Å²) in [6.07, 6.45) is 1.06. The van der Waals surface area contributed by atoms with Crippen molar-refractivity contribution in [2.24, 2.45) is 0 Å². The normalized spacial score (nSPS) is 11.1. The molecule has 0 aliphatic carbocycles. The summed E-state index contributed by atoms with van der Waals surface area (Å²) in [5, 5.41) is 8.68. The number of carbonyl (C=O) groups excluding carboxylic acids is 1. The molecule has 0 fully saturated rings. The van der Waals surface area contributed by atoms with Gasteiger partial charge in [0.1, 0.15) is 5.75 Å². The number of fused-ring (bicyclic) bond motifs is 3. The van der Waals surface area contributed by atoms with Gasteiger partial charge < -0.3 is 10.1 Å². The molecule has 2 aromatic heterocycles. The molecule has 6 nitrogen and oxygen atoms in total. The van der Waals surface area contributed by atoms with E-state index in [-0.39, 0.29) is 5.91 Å². The topological polar surface area (TPSA) is 68.5 Å². The Morgan fingerprint density at radius 1 is 1.10 bits per heavy atom. The van der Waals surface area contributed by atoms with Crippen molar-refractivity contribution in [3.63, 3.8) is 0 Å². The number of hydrogen-bond acceptors (Lipinski definition) is 4. The van der Waals surface area contributed by atoms with Crippen LogP contribution in [0.15, 0.2) is 48.5 Å². The van der Waals surface area contributed by atoms with Gasteiger partial charge in [-0.05, 0) is 50.1 Å². The molecule has 0 aliphatic rings. The van der Waals surface area contributed by atoms with Crippen LogP contribution in [0.1, 0.15) is 22.5 Å². The van der Waals surface area contributed by atoms with E-state index in [0.717, 1.165) is 51.2 Å². The maximum atomic E-state index is 12.5. The standard InChI is InChI=1S/C23H24N4O2/c1-15-20(14-22(28)24-13-12-17-8-10-18(29-3)11-9-17)16(2)27-23(25-15)19-6-4-5-7-21(19)26-27/h4-11H,12-14H2,1-3H3,(H,24,28). The predicted molar refractivity (Wildman–Crippen MR) is 113 cm³/mol. The van der Waals surface area contributed by atoms with Crippen molar-refractivity contribution in [1.29, 1.82) is 0 Å². The van der Waals surface area contributed by atoms with E-state index in [9.17, 15) is 4.79 Å². The average molecular weight is 388 g/mol. The van der Waals surface area contributed by atoms with Gasteiger partial charge in [-0.2, -0.15) is 5.10 Å². The largest absolute Gasteiger partial charge is 0.497 e. The summed E-state index contributed by atoms with van der Waals surface area (Å²) in [6, 6.07) is 15.8. The summed E-state index contributed by atoms with van der Waals surface area (Å²) in [4.78, 5) is 17.3. The number of nitrogens with one attached hydrogen (secondary N) is 1. The lowest BCUT2D eigenvalue weighted by molar-refractivity contribution is -0.120. The Labute approximate surface area is 169 Å². The van der Waals surface area contributed by atoms with E-state index in [1.165, 1.54) is 0 Å². The highest BCUT2D eigenvalue weighted by Gasteiger charge is 2.16. The first kappa shape index (κ1) is 18.9. The molecular formula is C23H24N4O2. The van der Waals surface area contributed by atoms with Crippen LogP contribution in [0.3, 0.4) is 0 Å². The zero-order valence-electron chi connectivity index (χ0n) is 16.9. The fourth-order valence-corrected chi connectivity index (χ4v) is 3.59. The molecule has 0 radical (unpaired) electrons. The molecule has 148 valence electrons. The van der Waals surface area contributed by atoms with Crippen molar-refractivity contribution >= 4 is 22.5 Å². The number of carbonyl (C=O) groups is 1. The number of ether oxygens (including phenoxy) is 1. The third kappa shape index (κ3) is 3.78. The number of amides is 1. The van der Waals surface area contributed by atoms with Crippen molar-refractivity contribution in [3.8, 4) is 5.75 Å². The van der Waals surface area contributed by atoms with Crippen LogP contribution in [0.2, 0.25) is 0 Å². The summed E-state index contributed by atoms with van der Waals surface area (Å²) < 4.78 is 7.01. The van der Waals surface area contributed by atoms with Crippen LogP contribution in [0.4, 0.5) is 0 Å². The van der Waals surface area contributed by atoms with Gasteiger partial charge in [-0.15, -0.1) is 0 Å². The molecule has 0 aliphatic heterocycles. The van der Waals surface area contributed by atoms with Crippen LogP contribution < -0.4 is 10.1 Å². The molecule has 0 unspecified atom stereocenters. The number of aromatic nitrogens is 3. The van der Waals surface area contributed by atoms with Crippen LogP contribution in [-0.2, 0) is 17.6 Å².